The van der Waals surface area contributed by atoms with Gasteiger partial charge in [-0.3, -0.25) is 0 Å². The van der Waals surface area contributed by atoms with Crippen LogP contribution in [0.5, 0.6) is 5.75 Å². The lowest BCUT2D eigenvalue weighted by molar-refractivity contribution is -0.196. The lowest BCUT2D eigenvalue weighted by Gasteiger charge is -2.31. The van der Waals surface area contributed by atoms with Crippen LogP contribution in [-0.2, 0) is 13.1 Å². The number of para-hydroxylation sites is 1. The zero-order valence-corrected chi connectivity index (χ0v) is 14.2. The smallest absolute Gasteiger partial charge is 0.456 e. The van der Waals surface area contributed by atoms with E-state index in [1.165, 1.54) is 0 Å². The van der Waals surface area contributed by atoms with Crippen LogP contribution >= 0.6 is 0 Å². The van der Waals surface area contributed by atoms with Crippen LogP contribution in [0, 0.1) is 0 Å². The maximum absolute atomic E-state index is 11.9. The van der Waals surface area contributed by atoms with Gasteiger partial charge >= 0.3 is 6.09 Å². The van der Waals surface area contributed by atoms with E-state index in [1.54, 1.807) is 29.3 Å². The average Bonchev–Trinajstić information content (AvgIpc) is 2.68. The molecule has 0 spiro atoms. The molecule has 132 valence electrons. The van der Waals surface area contributed by atoms with Gasteiger partial charge in [0.05, 0.1) is 0 Å². The standard InChI is InChI=1S/C21H20N2O3/c24-21(25)23(26-20-14-8-3-9-15-20)22(16-18-10-4-1-5-11-18)17-19-12-6-2-7-13-19/h1-15H,16-17H2,(H,24,25). The summed E-state index contributed by atoms with van der Waals surface area (Å²) in [5.74, 6) is 0.459. The number of amides is 1. The number of hydrazine groups is 1. The molecular formula is C21H20N2O3. The first kappa shape index (κ1) is 17.5. The van der Waals surface area contributed by atoms with Crippen LogP contribution in [0.15, 0.2) is 91.0 Å². The van der Waals surface area contributed by atoms with E-state index < -0.39 is 6.09 Å². The van der Waals surface area contributed by atoms with E-state index in [1.807, 2.05) is 66.7 Å². The molecule has 3 aromatic carbocycles. The van der Waals surface area contributed by atoms with Gasteiger partial charge in [-0.1, -0.05) is 84.0 Å². The molecule has 0 fully saturated rings. The SMILES string of the molecule is O=C(O)N(Oc1ccccc1)N(Cc1ccccc1)Cc1ccccc1. The normalized spacial score (nSPS) is 10.5. The van der Waals surface area contributed by atoms with Crippen molar-refractivity contribution in [3.8, 4) is 5.75 Å². The van der Waals surface area contributed by atoms with Crippen molar-refractivity contribution in [3.05, 3.63) is 102 Å². The van der Waals surface area contributed by atoms with Gasteiger partial charge in [-0.25, -0.2) is 4.79 Å². The monoisotopic (exact) mass is 348 g/mol. The molecule has 3 rings (SSSR count). The van der Waals surface area contributed by atoms with E-state index in [9.17, 15) is 9.90 Å². The van der Waals surface area contributed by atoms with Crippen LogP contribution in [0.1, 0.15) is 11.1 Å². The molecule has 0 atom stereocenters. The summed E-state index contributed by atoms with van der Waals surface area (Å²) in [7, 11) is 0. The third-order valence-electron chi connectivity index (χ3n) is 3.77. The fourth-order valence-electron chi connectivity index (χ4n) is 2.57. The fourth-order valence-corrected chi connectivity index (χ4v) is 2.57. The summed E-state index contributed by atoms with van der Waals surface area (Å²) >= 11 is 0. The molecule has 5 nitrogen and oxygen atoms in total. The van der Waals surface area contributed by atoms with Crippen molar-refractivity contribution in [1.82, 2.24) is 10.2 Å². The highest BCUT2D eigenvalue weighted by Crippen LogP contribution is 2.17. The average molecular weight is 348 g/mol. The number of hydrogen-bond donors (Lipinski definition) is 1. The Hall–Kier alpha value is -3.31. The number of carboxylic acid groups (broad SMARTS) is 1. The summed E-state index contributed by atoms with van der Waals surface area (Å²) in [5, 5.41) is 12.3. The summed E-state index contributed by atoms with van der Waals surface area (Å²) in [6, 6.07) is 28.3. The number of carbonyl (C=O) groups is 1. The molecule has 0 saturated heterocycles. The molecule has 0 unspecified atom stereocenters. The van der Waals surface area contributed by atoms with E-state index >= 15 is 0 Å². The molecule has 3 aromatic rings. The molecule has 1 amide bonds. The van der Waals surface area contributed by atoms with Gasteiger partial charge < -0.3 is 9.94 Å². The Balaban J connectivity index is 1.86. The molecule has 0 bridgehead atoms. The second-order valence-electron chi connectivity index (χ2n) is 5.75. The zero-order chi connectivity index (χ0) is 18.2. The maximum Gasteiger partial charge on any atom is 0.456 e. The van der Waals surface area contributed by atoms with Gasteiger partial charge in [-0.2, -0.15) is 5.01 Å². The van der Waals surface area contributed by atoms with E-state index in [2.05, 4.69) is 0 Å². The van der Waals surface area contributed by atoms with Crippen molar-refractivity contribution in [1.29, 1.82) is 0 Å². The molecule has 26 heavy (non-hydrogen) atoms. The number of benzene rings is 3. The topological polar surface area (TPSA) is 53.0 Å². The van der Waals surface area contributed by atoms with Crippen molar-refractivity contribution >= 4 is 6.09 Å². The third kappa shape index (κ3) is 4.84. The Morgan fingerprint density at radius 1 is 0.731 bits per heavy atom. The number of hydroxylamine groups is 1. The fraction of sp³-hybridized carbons (Fsp3) is 0.0952. The van der Waals surface area contributed by atoms with Crippen molar-refractivity contribution in [3.63, 3.8) is 0 Å². The van der Waals surface area contributed by atoms with Gasteiger partial charge in [0.2, 0.25) is 0 Å². The maximum atomic E-state index is 11.9. The van der Waals surface area contributed by atoms with Crippen LogP contribution in [0.4, 0.5) is 4.79 Å². The highest BCUT2D eigenvalue weighted by atomic mass is 16.7. The van der Waals surface area contributed by atoms with Crippen molar-refractivity contribution in [2.24, 2.45) is 0 Å². The summed E-state index contributed by atoms with van der Waals surface area (Å²) in [4.78, 5) is 17.5. The molecule has 0 aliphatic rings. The summed E-state index contributed by atoms with van der Waals surface area (Å²) in [6.07, 6.45) is -1.18. The van der Waals surface area contributed by atoms with E-state index in [0.29, 0.717) is 18.8 Å². The molecule has 0 saturated carbocycles. The largest absolute Gasteiger partial charge is 0.462 e. The third-order valence-corrected chi connectivity index (χ3v) is 3.77. The van der Waals surface area contributed by atoms with Crippen LogP contribution in [0.3, 0.4) is 0 Å². The van der Waals surface area contributed by atoms with Crippen molar-refractivity contribution < 1.29 is 14.7 Å². The second-order valence-corrected chi connectivity index (χ2v) is 5.75. The van der Waals surface area contributed by atoms with Crippen LogP contribution in [-0.4, -0.2) is 21.4 Å². The molecule has 1 N–H and O–H groups in total. The van der Waals surface area contributed by atoms with Gasteiger partial charge in [-0.05, 0) is 23.3 Å². The first-order valence-corrected chi connectivity index (χ1v) is 8.31. The Kier molecular flexibility index (Phi) is 5.85. The van der Waals surface area contributed by atoms with E-state index in [4.69, 9.17) is 4.84 Å². The Morgan fingerprint density at radius 2 is 1.15 bits per heavy atom. The number of hydrogen-bond acceptors (Lipinski definition) is 3. The summed E-state index contributed by atoms with van der Waals surface area (Å²) in [5.41, 5.74) is 1.98. The second kappa shape index (κ2) is 8.69. The lowest BCUT2D eigenvalue weighted by atomic mass is 10.2. The van der Waals surface area contributed by atoms with E-state index in [-0.39, 0.29) is 0 Å². The van der Waals surface area contributed by atoms with Gasteiger partial charge in [0.25, 0.3) is 0 Å². The predicted molar refractivity (Wildman–Crippen MR) is 99.1 cm³/mol. The minimum Gasteiger partial charge on any atom is -0.462 e. The predicted octanol–water partition coefficient (Wildman–Crippen LogP) is 4.58. The van der Waals surface area contributed by atoms with Crippen molar-refractivity contribution in [2.45, 2.75) is 13.1 Å². The number of nitrogens with zero attached hydrogens (tertiary/aromatic N) is 2. The number of rotatable bonds is 7. The van der Waals surface area contributed by atoms with E-state index in [0.717, 1.165) is 16.3 Å². The van der Waals surface area contributed by atoms with Gasteiger partial charge in [0.1, 0.15) is 0 Å². The highest BCUT2D eigenvalue weighted by Gasteiger charge is 2.24. The van der Waals surface area contributed by atoms with Gasteiger partial charge in [0.15, 0.2) is 5.75 Å². The molecule has 0 aliphatic carbocycles. The molecule has 0 radical (unpaired) electrons. The molecule has 5 heteroatoms. The zero-order valence-electron chi connectivity index (χ0n) is 14.2. The first-order valence-electron chi connectivity index (χ1n) is 8.31. The van der Waals surface area contributed by atoms with Crippen LogP contribution in [0.25, 0.3) is 0 Å². The quantitative estimate of drug-likeness (QED) is 0.635. The summed E-state index contributed by atoms with van der Waals surface area (Å²) in [6.45, 7) is 0.795. The minimum absolute atomic E-state index is 0.398. The molecular weight excluding hydrogens is 328 g/mol. The molecule has 0 heterocycles. The van der Waals surface area contributed by atoms with Crippen LogP contribution < -0.4 is 4.84 Å². The Bertz CT molecular complexity index is 769. The Morgan fingerprint density at radius 3 is 1.58 bits per heavy atom. The summed E-state index contributed by atoms with van der Waals surface area (Å²) < 4.78 is 0. The van der Waals surface area contributed by atoms with Gasteiger partial charge in [0, 0.05) is 13.1 Å². The van der Waals surface area contributed by atoms with Crippen LogP contribution in [0.2, 0.25) is 0 Å². The van der Waals surface area contributed by atoms with Crippen molar-refractivity contribution in [2.75, 3.05) is 0 Å². The van der Waals surface area contributed by atoms with Gasteiger partial charge in [-0.15, -0.1) is 0 Å². The Labute approximate surface area is 152 Å². The first-order chi connectivity index (χ1) is 12.7. The molecule has 0 aliphatic heterocycles. The minimum atomic E-state index is -1.18. The lowest BCUT2D eigenvalue weighted by Crippen LogP contribution is -2.47. The molecule has 0 aromatic heterocycles. The highest BCUT2D eigenvalue weighted by molar-refractivity contribution is 5.63.